The van der Waals surface area contributed by atoms with E-state index in [0.717, 1.165) is 25.7 Å². The maximum atomic E-state index is 11.0. The van der Waals surface area contributed by atoms with E-state index in [9.17, 15) is 4.79 Å². The molecule has 1 aliphatic carbocycles. The molecule has 0 aliphatic heterocycles. The average molecular weight is 214 g/mol. The highest BCUT2D eigenvalue weighted by molar-refractivity contribution is 5.65. The van der Waals surface area contributed by atoms with Crippen LogP contribution >= 0.6 is 0 Å². The van der Waals surface area contributed by atoms with Crippen LogP contribution in [-0.2, 0) is 4.74 Å². The number of ether oxygens (including phenoxy) is 1. The summed E-state index contributed by atoms with van der Waals surface area (Å²) in [4.78, 5) is 11.0. The fourth-order valence-corrected chi connectivity index (χ4v) is 2.30. The highest BCUT2D eigenvalue weighted by Gasteiger charge is 2.47. The smallest absolute Gasteiger partial charge is 0.405 e. The van der Waals surface area contributed by atoms with Gasteiger partial charge in [0.25, 0.3) is 0 Å². The van der Waals surface area contributed by atoms with Crippen LogP contribution in [0.15, 0.2) is 0 Å². The van der Waals surface area contributed by atoms with Gasteiger partial charge >= 0.3 is 6.09 Å². The van der Waals surface area contributed by atoms with Gasteiger partial charge in [-0.2, -0.15) is 0 Å². The maximum Gasteiger partial charge on any atom is 0.405 e. The average Bonchev–Trinajstić information content (AvgIpc) is 2.06. The summed E-state index contributed by atoms with van der Waals surface area (Å²) in [7, 11) is 0. The lowest BCUT2D eigenvalue weighted by Crippen LogP contribution is -2.52. The summed E-state index contributed by atoms with van der Waals surface area (Å²) in [5.74, 6) is 0. The topological polar surface area (TPSA) is 78.3 Å². The number of amides is 1. The van der Waals surface area contributed by atoms with Crippen molar-refractivity contribution in [3.8, 4) is 0 Å². The van der Waals surface area contributed by atoms with E-state index in [4.69, 9.17) is 16.2 Å². The van der Waals surface area contributed by atoms with Gasteiger partial charge in [0.15, 0.2) is 0 Å². The van der Waals surface area contributed by atoms with E-state index in [2.05, 4.69) is 20.8 Å². The van der Waals surface area contributed by atoms with E-state index < -0.39 is 11.7 Å². The Kier molecular flexibility index (Phi) is 3.28. The number of hydrogen-bond acceptors (Lipinski definition) is 3. The number of hydrogen-bond donors (Lipinski definition) is 2. The summed E-state index contributed by atoms with van der Waals surface area (Å²) in [6.07, 6.45) is 2.72. The van der Waals surface area contributed by atoms with Crippen LogP contribution < -0.4 is 11.5 Å². The van der Waals surface area contributed by atoms with Crippen molar-refractivity contribution in [1.82, 2.24) is 0 Å². The van der Waals surface area contributed by atoms with Gasteiger partial charge in [0.05, 0.1) is 0 Å². The van der Waals surface area contributed by atoms with Crippen molar-refractivity contribution in [3.63, 3.8) is 0 Å². The third-order valence-corrected chi connectivity index (χ3v) is 3.50. The van der Waals surface area contributed by atoms with E-state index in [0.29, 0.717) is 0 Å². The van der Waals surface area contributed by atoms with E-state index in [-0.39, 0.29) is 11.5 Å². The fourth-order valence-electron chi connectivity index (χ4n) is 2.30. The first-order valence-corrected chi connectivity index (χ1v) is 5.51. The molecule has 0 saturated heterocycles. The molecule has 88 valence electrons. The molecule has 0 aromatic carbocycles. The third-order valence-electron chi connectivity index (χ3n) is 3.50. The van der Waals surface area contributed by atoms with Crippen LogP contribution in [0.2, 0.25) is 0 Å². The Morgan fingerprint density at radius 1 is 1.33 bits per heavy atom. The lowest BCUT2D eigenvalue weighted by molar-refractivity contribution is -0.0914. The largest absolute Gasteiger partial charge is 0.443 e. The Morgan fingerprint density at radius 3 is 2.13 bits per heavy atom. The molecule has 4 nitrogen and oxygen atoms in total. The van der Waals surface area contributed by atoms with Gasteiger partial charge in [0.1, 0.15) is 5.60 Å². The predicted octanol–water partition coefficient (Wildman–Crippen LogP) is 1.77. The summed E-state index contributed by atoms with van der Waals surface area (Å²) >= 11 is 0. The Labute approximate surface area is 91.3 Å². The zero-order valence-electron chi connectivity index (χ0n) is 9.88. The minimum atomic E-state index is -0.680. The van der Waals surface area contributed by atoms with Crippen molar-refractivity contribution < 1.29 is 9.53 Å². The molecule has 0 heterocycles. The molecule has 1 fully saturated rings. The van der Waals surface area contributed by atoms with Gasteiger partial charge in [-0.05, 0) is 25.7 Å². The molecule has 0 unspecified atom stereocenters. The van der Waals surface area contributed by atoms with E-state index in [1.54, 1.807) is 0 Å². The van der Waals surface area contributed by atoms with Crippen LogP contribution in [0.5, 0.6) is 0 Å². The molecule has 0 bridgehead atoms. The first kappa shape index (κ1) is 12.3. The SMILES string of the molecule is CC(C)(C)[C@]1(OC(N)=O)CC[C@H](N)CC1. The number of nitrogens with two attached hydrogens (primary N) is 2. The van der Waals surface area contributed by atoms with Crippen molar-refractivity contribution in [1.29, 1.82) is 0 Å². The molecule has 1 rings (SSSR count). The zero-order chi connectivity index (χ0) is 11.7. The lowest BCUT2D eigenvalue weighted by Gasteiger charge is -2.47. The van der Waals surface area contributed by atoms with E-state index in [1.807, 2.05) is 0 Å². The van der Waals surface area contributed by atoms with Crippen LogP contribution in [0.25, 0.3) is 0 Å². The zero-order valence-corrected chi connectivity index (χ0v) is 9.88. The standard InChI is InChI=1S/C11H22N2O2/c1-10(2,3)11(15-9(13)14)6-4-8(12)5-7-11/h8H,4-7,12H2,1-3H3,(H2,13,14)/t8-,11-. The van der Waals surface area contributed by atoms with Crippen LogP contribution in [0.1, 0.15) is 46.5 Å². The maximum absolute atomic E-state index is 11.0. The highest BCUT2D eigenvalue weighted by Crippen LogP contribution is 2.44. The Hall–Kier alpha value is -0.770. The summed E-state index contributed by atoms with van der Waals surface area (Å²) in [6.45, 7) is 6.23. The predicted molar refractivity (Wildman–Crippen MR) is 59.3 cm³/mol. The Morgan fingerprint density at radius 2 is 1.80 bits per heavy atom. The molecule has 4 N–H and O–H groups in total. The Bertz CT molecular complexity index is 237. The summed E-state index contributed by atoms with van der Waals surface area (Å²) in [5.41, 5.74) is 10.5. The molecule has 1 saturated carbocycles. The van der Waals surface area contributed by atoms with Crippen molar-refractivity contribution in [2.24, 2.45) is 16.9 Å². The van der Waals surface area contributed by atoms with Crippen molar-refractivity contribution in [2.75, 3.05) is 0 Å². The van der Waals surface area contributed by atoms with Gasteiger partial charge in [-0.1, -0.05) is 20.8 Å². The van der Waals surface area contributed by atoms with Gasteiger partial charge < -0.3 is 16.2 Å². The second-order valence-corrected chi connectivity index (χ2v) is 5.50. The molecule has 1 amide bonds. The minimum Gasteiger partial charge on any atom is -0.443 e. The molecular formula is C11H22N2O2. The molecule has 0 aromatic rings. The molecule has 0 radical (unpaired) electrons. The summed E-state index contributed by atoms with van der Waals surface area (Å²) in [6, 6.07) is 0.233. The summed E-state index contributed by atoms with van der Waals surface area (Å²) < 4.78 is 5.37. The first-order chi connectivity index (χ1) is 6.77. The van der Waals surface area contributed by atoms with Crippen LogP contribution in [0, 0.1) is 5.41 Å². The number of carbonyl (C=O) groups is 1. The molecule has 15 heavy (non-hydrogen) atoms. The van der Waals surface area contributed by atoms with Crippen LogP contribution in [0.4, 0.5) is 4.79 Å². The second kappa shape index (κ2) is 4.00. The number of primary amides is 1. The first-order valence-electron chi connectivity index (χ1n) is 5.51. The molecule has 0 atom stereocenters. The second-order valence-electron chi connectivity index (χ2n) is 5.50. The van der Waals surface area contributed by atoms with Crippen LogP contribution in [-0.4, -0.2) is 17.7 Å². The summed E-state index contributed by atoms with van der Waals surface area (Å²) in [5, 5.41) is 0. The van der Waals surface area contributed by atoms with Gasteiger partial charge in [-0.15, -0.1) is 0 Å². The van der Waals surface area contributed by atoms with Gasteiger partial charge in [0, 0.05) is 11.5 Å². The minimum absolute atomic E-state index is 0.0951. The van der Waals surface area contributed by atoms with E-state index >= 15 is 0 Å². The highest BCUT2D eigenvalue weighted by atomic mass is 16.6. The lowest BCUT2D eigenvalue weighted by atomic mass is 9.67. The normalized spacial score (nSPS) is 32.4. The van der Waals surface area contributed by atoms with Gasteiger partial charge in [0.2, 0.25) is 0 Å². The molecular weight excluding hydrogens is 192 g/mol. The molecule has 4 heteroatoms. The molecule has 0 spiro atoms. The van der Waals surface area contributed by atoms with Crippen molar-refractivity contribution in [3.05, 3.63) is 0 Å². The van der Waals surface area contributed by atoms with Crippen molar-refractivity contribution in [2.45, 2.75) is 58.1 Å². The van der Waals surface area contributed by atoms with Gasteiger partial charge in [-0.25, -0.2) is 4.79 Å². The quantitative estimate of drug-likeness (QED) is 0.698. The molecule has 1 aliphatic rings. The van der Waals surface area contributed by atoms with Gasteiger partial charge in [-0.3, -0.25) is 0 Å². The van der Waals surface area contributed by atoms with E-state index in [1.165, 1.54) is 0 Å². The van der Waals surface area contributed by atoms with Crippen molar-refractivity contribution >= 4 is 6.09 Å². The van der Waals surface area contributed by atoms with Crippen LogP contribution in [0.3, 0.4) is 0 Å². The monoisotopic (exact) mass is 214 g/mol. The molecule has 0 aromatic heterocycles. The Balaban J connectivity index is 2.83. The fraction of sp³-hybridized carbons (Fsp3) is 0.909. The third kappa shape index (κ3) is 2.62. The number of carbonyl (C=O) groups excluding carboxylic acids is 1. The number of rotatable bonds is 1.